The lowest BCUT2D eigenvalue weighted by Gasteiger charge is -2.66. The number of quaternary nitrogens is 2. The largest absolute Gasteiger partial charge is 0.390 e. The van der Waals surface area contributed by atoms with Crippen LogP contribution in [0.2, 0.25) is 0 Å². The lowest BCUT2D eigenvalue weighted by Crippen LogP contribution is -2.95. The molecular formula is C45H75N3O7+2. The van der Waals surface area contributed by atoms with E-state index in [1.165, 1.54) is 19.3 Å². The van der Waals surface area contributed by atoms with Gasteiger partial charge in [-0.3, -0.25) is 10.5 Å². The Morgan fingerprint density at radius 2 is 1.87 bits per heavy atom. The van der Waals surface area contributed by atoms with Gasteiger partial charge in [0, 0.05) is 35.0 Å². The molecule has 0 bridgehead atoms. The second-order valence-electron chi connectivity index (χ2n) is 21.0. The highest BCUT2D eigenvalue weighted by molar-refractivity contribution is 5.95. The van der Waals surface area contributed by atoms with Gasteiger partial charge >= 0.3 is 0 Å². The molecule has 4 saturated carbocycles. The molecule has 19 atom stereocenters. The third-order valence-electron chi connectivity index (χ3n) is 18.2. The first kappa shape index (κ1) is 40.6. The monoisotopic (exact) mass is 770 g/mol. The standard InChI is InChI=1S/C45H73N3O7/c1-6-7-26-8-11-29-25(2)38(55-35(29)12-9-26)40(52)42(4,53)36-15-17-45(54)31-19-32(49)30-18-33(50)34(51)21-44(30)20-27(28-10-13-37(46)48-22-28)14-16-43(24-47-5,39(31)44)23-41(36,45)3/h14,16,19,25-30,33-40,47-48,50-54H,6-13,15,17-18,20-24,46H2,1-5H3/p+2. The Morgan fingerprint density at radius 3 is 2.58 bits per heavy atom. The lowest BCUT2D eigenvalue weighted by atomic mass is 9.38. The van der Waals surface area contributed by atoms with Crippen molar-refractivity contribution in [3.8, 4) is 0 Å². The minimum atomic E-state index is -1.56. The Balaban J connectivity index is 1.18. The molecule has 11 N–H and O–H groups in total. The molecule has 19 unspecified atom stereocenters. The molecule has 10 heteroatoms. The van der Waals surface area contributed by atoms with Gasteiger partial charge in [-0.25, -0.2) is 0 Å². The van der Waals surface area contributed by atoms with Crippen LogP contribution in [0.5, 0.6) is 0 Å². The third kappa shape index (κ3) is 6.15. The SMILES string of the molecule is CCCC1CCC2OC(C(O)C(C)(O)C3CCC4(O)C5=CC(=O)C6CC(O)C(O)CC67CC(C6CCC(N)[NH2+]C6)C=CC(C[NH2+]C)(CC34C)C57)C(C)C2CC1. The summed E-state index contributed by atoms with van der Waals surface area (Å²) in [6.45, 7) is 9.99. The van der Waals surface area contributed by atoms with Gasteiger partial charge in [0.05, 0.1) is 55.8 Å². The summed E-state index contributed by atoms with van der Waals surface area (Å²) < 4.78 is 6.78. The number of ether oxygens (including phenoxy) is 1. The van der Waals surface area contributed by atoms with Gasteiger partial charge in [-0.2, -0.15) is 0 Å². The van der Waals surface area contributed by atoms with Crippen LogP contribution >= 0.6 is 0 Å². The number of carbonyl (C=O) groups is 1. The number of piperidine rings is 1. The number of hydrogen-bond donors (Lipinski definition) is 8. The zero-order valence-electron chi connectivity index (χ0n) is 34.4. The summed E-state index contributed by atoms with van der Waals surface area (Å²) in [5.74, 6) is 0.549. The van der Waals surface area contributed by atoms with Gasteiger partial charge < -0.3 is 40.9 Å². The van der Waals surface area contributed by atoms with Gasteiger partial charge in [0.15, 0.2) is 5.78 Å². The number of carbonyl (C=O) groups excluding carboxylic acids is 1. The molecule has 2 saturated heterocycles. The average Bonchev–Trinajstić information content (AvgIpc) is 3.44. The summed E-state index contributed by atoms with van der Waals surface area (Å²) >= 11 is 0. The van der Waals surface area contributed by atoms with E-state index >= 15 is 0 Å². The highest BCUT2D eigenvalue weighted by atomic mass is 16.5. The number of ketones is 1. The summed E-state index contributed by atoms with van der Waals surface area (Å²) in [7, 11) is 2.09. The van der Waals surface area contributed by atoms with E-state index in [2.05, 4.69) is 50.6 Å². The molecule has 2 aliphatic heterocycles. The average molecular weight is 770 g/mol. The van der Waals surface area contributed by atoms with Crippen LogP contribution < -0.4 is 16.4 Å². The highest BCUT2D eigenvalue weighted by Gasteiger charge is 2.76. The predicted octanol–water partition coefficient (Wildman–Crippen LogP) is 1.92. The van der Waals surface area contributed by atoms with Crippen molar-refractivity contribution in [1.82, 2.24) is 0 Å². The van der Waals surface area contributed by atoms with Gasteiger partial charge in [0.1, 0.15) is 12.3 Å². The minimum absolute atomic E-state index is 0.0507. The van der Waals surface area contributed by atoms with E-state index in [1.807, 2.05) is 0 Å². The fourth-order valence-electron chi connectivity index (χ4n) is 15.6. The molecule has 2 heterocycles. The zero-order chi connectivity index (χ0) is 39.3. The fourth-order valence-corrected chi connectivity index (χ4v) is 15.6. The Morgan fingerprint density at radius 1 is 1.11 bits per heavy atom. The maximum atomic E-state index is 14.6. The zero-order valence-corrected chi connectivity index (χ0v) is 34.4. The highest BCUT2D eigenvalue weighted by Crippen LogP contribution is 2.75. The molecule has 0 amide bonds. The number of fused-ring (bicyclic) bond motifs is 3. The topological polar surface area (TPSA) is 187 Å². The molecule has 6 aliphatic carbocycles. The maximum absolute atomic E-state index is 14.6. The molecular weight excluding hydrogens is 695 g/mol. The van der Waals surface area contributed by atoms with Crippen LogP contribution in [0.25, 0.3) is 0 Å². The Kier molecular flexibility index (Phi) is 10.7. The molecule has 0 aromatic heterocycles. The predicted molar refractivity (Wildman–Crippen MR) is 209 cm³/mol. The van der Waals surface area contributed by atoms with Gasteiger partial charge in [0.25, 0.3) is 0 Å². The van der Waals surface area contributed by atoms with Crippen LogP contribution in [-0.2, 0) is 9.53 Å². The van der Waals surface area contributed by atoms with E-state index in [0.29, 0.717) is 37.5 Å². The minimum Gasteiger partial charge on any atom is -0.390 e. The first-order chi connectivity index (χ1) is 26.0. The number of rotatable bonds is 8. The van der Waals surface area contributed by atoms with Crippen molar-refractivity contribution in [3.05, 3.63) is 23.8 Å². The molecule has 8 rings (SSSR count). The van der Waals surface area contributed by atoms with Crippen LogP contribution in [0.3, 0.4) is 0 Å². The van der Waals surface area contributed by atoms with E-state index in [1.54, 1.807) is 13.0 Å². The van der Waals surface area contributed by atoms with E-state index in [9.17, 15) is 30.3 Å². The molecule has 0 aromatic rings. The van der Waals surface area contributed by atoms with E-state index in [-0.39, 0.29) is 42.2 Å². The van der Waals surface area contributed by atoms with Crippen molar-refractivity contribution >= 4 is 5.78 Å². The molecule has 8 aliphatic rings. The molecule has 6 fully saturated rings. The number of aliphatic hydroxyl groups excluding tert-OH is 3. The van der Waals surface area contributed by atoms with E-state index < -0.39 is 63.7 Å². The van der Waals surface area contributed by atoms with E-state index in [4.69, 9.17) is 10.5 Å². The number of allylic oxidation sites excluding steroid dienone is 2. The van der Waals surface area contributed by atoms with Crippen LogP contribution in [0, 0.1) is 63.6 Å². The van der Waals surface area contributed by atoms with Crippen molar-refractivity contribution in [1.29, 1.82) is 0 Å². The summed E-state index contributed by atoms with van der Waals surface area (Å²) in [4.78, 5) is 14.6. The second kappa shape index (κ2) is 14.5. The normalized spacial score (nSPS) is 52.5. The maximum Gasteiger partial charge on any atom is 0.159 e. The first-order valence-corrected chi connectivity index (χ1v) is 22.5. The van der Waals surface area contributed by atoms with Crippen LogP contribution in [0.4, 0.5) is 0 Å². The Bertz CT molecular complexity index is 1510. The van der Waals surface area contributed by atoms with Crippen molar-refractivity contribution in [2.24, 2.45) is 69.3 Å². The Hall–Kier alpha value is -1.21. The van der Waals surface area contributed by atoms with Crippen LogP contribution in [0.15, 0.2) is 23.8 Å². The number of aliphatic hydroxyl groups is 5. The van der Waals surface area contributed by atoms with Crippen LogP contribution in [0.1, 0.15) is 118 Å². The summed E-state index contributed by atoms with van der Waals surface area (Å²) in [5.41, 5.74) is 2.12. The van der Waals surface area contributed by atoms with Gasteiger partial charge in [-0.05, 0) is 118 Å². The van der Waals surface area contributed by atoms with E-state index in [0.717, 1.165) is 63.1 Å². The number of hydrogen-bond acceptors (Lipinski definition) is 8. The van der Waals surface area contributed by atoms with Gasteiger partial charge in [0.2, 0.25) is 0 Å². The summed E-state index contributed by atoms with van der Waals surface area (Å²) in [6.07, 6.45) is 14.8. The molecule has 10 nitrogen and oxygen atoms in total. The molecule has 0 aromatic carbocycles. The second-order valence-corrected chi connectivity index (χ2v) is 21.0. The third-order valence-corrected chi connectivity index (χ3v) is 18.2. The summed E-state index contributed by atoms with van der Waals surface area (Å²) in [6, 6.07) is 0. The molecule has 1 spiro atoms. The summed E-state index contributed by atoms with van der Waals surface area (Å²) in [5, 5.41) is 65.8. The van der Waals surface area contributed by atoms with Crippen LogP contribution in [-0.4, -0.2) is 99.3 Å². The van der Waals surface area contributed by atoms with Gasteiger partial charge in [-0.15, -0.1) is 0 Å². The van der Waals surface area contributed by atoms with Crippen molar-refractivity contribution in [3.63, 3.8) is 0 Å². The quantitative estimate of drug-likeness (QED) is 0.172. The Labute approximate surface area is 329 Å². The lowest BCUT2D eigenvalue weighted by molar-refractivity contribution is -0.703. The molecule has 310 valence electrons. The smallest absolute Gasteiger partial charge is 0.159 e. The first-order valence-electron chi connectivity index (χ1n) is 22.5. The number of nitrogens with two attached hydrogens (primary N) is 3. The fraction of sp³-hybridized carbons (Fsp3) is 0.889. The van der Waals surface area contributed by atoms with Gasteiger partial charge in [-0.1, -0.05) is 52.2 Å². The van der Waals surface area contributed by atoms with Crippen molar-refractivity contribution in [2.75, 3.05) is 20.1 Å². The van der Waals surface area contributed by atoms with Crippen molar-refractivity contribution in [2.45, 2.75) is 165 Å². The van der Waals surface area contributed by atoms with Crippen molar-refractivity contribution < 1.29 is 45.7 Å². The molecule has 0 radical (unpaired) electrons. The molecule has 55 heavy (non-hydrogen) atoms.